The topological polar surface area (TPSA) is 73.6 Å². The van der Waals surface area contributed by atoms with Crippen LogP contribution in [-0.4, -0.2) is 42.4 Å². The molecular formula is C13H24N2O4Si. The van der Waals surface area contributed by atoms with Gasteiger partial charge in [-0.25, -0.2) is 9.78 Å². The van der Waals surface area contributed by atoms with Gasteiger partial charge in [-0.3, -0.25) is 0 Å². The number of imidazole rings is 1. The molecule has 1 unspecified atom stereocenters. The number of hydrogen-bond acceptors (Lipinski definition) is 5. The van der Waals surface area contributed by atoms with Crippen LogP contribution in [0.2, 0.25) is 25.7 Å². The van der Waals surface area contributed by atoms with Crippen LogP contribution < -0.4 is 0 Å². The van der Waals surface area contributed by atoms with Crippen molar-refractivity contribution >= 4 is 14.0 Å². The Morgan fingerprint density at radius 2 is 2.15 bits per heavy atom. The van der Waals surface area contributed by atoms with Gasteiger partial charge in [-0.1, -0.05) is 19.6 Å². The first kappa shape index (κ1) is 16.9. The molecule has 1 aromatic rings. The van der Waals surface area contributed by atoms with Crippen LogP contribution in [0.5, 0.6) is 0 Å². The molecular weight excluding hydrogens is 276 g/mol. The number of hydrogen-bond donors (Lipinski definition) is 1. The summed E-state index contributed by atoms with van der Waals surface area (Å²) in [6.45, 7) is 9.38. The molecule has 0 aliphatic heterocycles. The second kappa shape index (κ2) is 7.01. The summed E-state index contributed by atoms with van der Waals surface area (Å²) in [6.07, 6.45) is 0.775. The number of rotatable bonds is 7. The largest absolute Gasteiger partial charge is 0.464 e. The molecule has 0 aliphatic carbocycles. The first-order chi connectivity index (χ1) is 9.24. The summed E-state index contributed by atoms with van der Waals surface area (Å²) in [6, 6.07) is 1.07. The predicted octanol–water partition coefficient (Wildman–Crippen LogP) is 2.04. The quantitative estimate of drug-likeness (QED) is 0.474. The summed E-state index contributed by atoms with van der Waals surface area (Å²) in [7, 11) is 0.177. The molecule has 0 bridgehead atoms. The number of ether oxygens (including phenoxy) is 2. The van der Waals surface area contributed by atoms with Crippen LogP contribution in [0.15, 0.2) is 6.20 Å². The van der Waals surface area contributed by atoms with E-state index in [2.05, 4.69) is 29.4 Å². The van der Waals surface area contributed by atoms with E-state index in [0.717, 1.165) is 6.04 Å². The van der Waals surface area contributed by atoms with E-state index in [1.807, 2.05) is 0 Å². The van der Waals surface area contributed by atoms with Crippen LogP contribution >= 0.6 is 0 Å². The maximum absolute atomic E-state index is 11.4. The molecule has 1 atom stereocenters. The smallest absolute Gasteiger partial charge is 0.358 e. The highest BCUT2D eigenvalue weighted by Gasteiger charge is 2.18. The fourth-order valence-corrected chi connectivity index (χ4v) is 2.37. The number of carbonyl (C=O) groups is 1. The Balaban J connectivity index is 2.68. The number of nitrogens with zero attached hydrogens (tertiary/aromatic N) is 2. The monoisotopic (exact) mass is 300 g/mol. The molecule has 0 spiro atoms. The van der Waals surface area contributed by atoms with E-state index < -0.39 is 20.1 Å². The minimum absolute atomic E-state index is 0.178. The van der Waals surface area contributed by atoms with Gasteiger partial charge in [0, 0.05) is 20.9 Å². The van der Waals surface area contributed by atoms with Crippen molar-refractivity contribution < 1.29 is 19.4 Å². The molecule has 0 fully saturated rings. The lowest BCUT2D eigenvalue weighted by molar-refractivity contribution is 0.0593. The maximum atomic E-state index is 11.4. The highest BCUT2D eigenvalue weighted by molar-refractivity contribution is 6.76. The van der Waals surface area contributed by atoms with Crippen LogP contribution in [0.3, 0.4) is 0 Å². The molecule has 20 heavy (non-hydrogen) atoms. The molecule has 0 radical (unpaired) electrons. The van der Waals surface area contributed by atoms with Gasteiger partial charge in [0.25, 0.3) is 0 Å². The zero-order valence-corrected chi connectivity index (χ0v) is 13.8. The first-order valence-corrected chi connectivity index (χ1v) is 10.4. The van der Waals surface area contributed by atoms with Crippen LogP contribution in [0, 0.1) is 0 Å². The molecule has 0 amide bonds. The molecule has 0 saturated heterocycles. The van der Waals surface area contributed by atoms with Crippen molar-refractivity contribution in [3.8, 4) is 0 Å². The number of aliphatic hydroxyl groups is 1. The highest BCUT2D eigenvalue weighted by atomic mass is 28.3. The normalized spacial score (nSPS) is 13.3. The summed E-state index contributed by atoms with van der Waals surface area (Å²) in [5.41, 5.74) is 0.178. The van der Waals surface area contributed by atoms with Crippen LogP contribution in [-0.2, 0) is 16.2 Å². The first-order valence-electron chi connectivity index (χ1n) is 6.66. The van der Waals surface area contributed by atoms with Gasteiger partial charge in [0.1, 0.15) is 18.7 Å². The molecule has 1 N–H and O–H groups in total. The summed E-state index contributed by atoms with van der Waals surface area (Å²) < 4.78 is 11.9. The second-order valence-electron chi connectivity index (χ2n) is 5.97. The predicted molar refractivity (Wildman–Crippen MR) is 78.3 cm³/mol. The number of methoxy groups -OCH3 is 1. The highest BCUT2D eigenvalue weighted by Crippen LogP contribution is 2.14. The van der Waals surface area contributed by atoms with Gasteiger partial charge in [-0.05, 0) is 13.0 Å². The minimum atomic E-state index is -1.12. The van der Waals surface area contributed by atoms with Gasteiger partial charge < -0.3 is 19.1 Å². The number of aliphatic hydroxyl groups excluding tert-OH is 1. The lowest BCUT2D eigenvalue weighted by Gasteiger charge is -2.16. The van der Waals surface area contributed by atoms with Gasteiger partial charge in [0.2, 0.25) is 0 Å². The van der Waals surface area contributed by atoms with Crippen LogP contribution in [0.1, 0.15) is 29.3 Å². The third kappa shape index (κ3) is 5.07. The van der Waals surface area contributed by atoms with Crippen molar-refractivity contribution in [2.45, 2.75) is 45.4 Å². The molecule has 7 heteroatoms. The van der Waals surface area contributed by atoms with Crippen molar-refractivity contribution in [1.29, 1.82) is 0 Å². The Bertz CT molecular complexity index is 452. The fraction of sp³-hybridized carbons (Fsp3) is 0.692. The van der Waals surface area contributed by atoms with Crippen LogP contribution in [0.4, 0.5) is 0 Å². The Kier molecular flexibility index (Phi) is 5.91. The third-order valence-electron chi connectivity index (χ3n) is 2.80. The number of esters is 1. The van der Waals surface area contributed by atoms with E-state index in [9.17, 15) is 9.90 Å². The lowest BCUT2D eigenvalue weighted by Crippen LogP contribution is -2.22. The molecule has 0 aromatic carbocycles. The maximum Gasteiger partial charge on any atom is 0.358 e. The van der Waals surface area contributed by atoms with Crippen molar-refractivity contribution in [1.82, 2.24) is 9.55 Å². The summed E-state index contributed by atoms with van der Waals surface area (Å²) in [5.74, 6) is -0.119. The van der Waals surface area contributed by atoms with Crippen molar-refractivity contribution in [3.63, 3.8) is 0 Å². The number of aromatic nitrogens is 2. The average Bonchev–Trinajstić information content (AvgIpc) is 2.76. The van der Waals surface area contributed by atoms with E-state index in [-0.39, 0.29) is 12.4 Å². The molecule has 0 saturated carbocycles. The number of carbonyl (C=O) groups excluding carboxylic acids is 1. The zero-order chi connectivity index (χ0) is 15.3. The third-order valence-corrected chi connectivity index (χ3v) is 4.51. The van der Waals surface area contributed by atoms with Crippen molar-refractivity contribution in [3.05, 3.63) is 17.7 Å². The van der Waals surface area contributed by atoms with Gasteiger partial charge >= 0.3 is 5.97 Å². The Hall–Kier alpha value is -1.18. The molecule has 1 rings (SSSR count). The molecule has 0 aliphatic rings. The van der Waals surface area contributed by atoms with Gasteiger partial charge in [-0.2, -0.15) is 0 Å². The van der Waals surface area contributed by atoms with Crippen molar-refractivity contribution in [2.75, 3.05) is 13.7 Å². The van der Waals surface area contributed by atoms with E-state index in [1.165, 1.54) is 7.11 Å². The summed E-state index contributed by atoms with van der Waals surface area (Å²) in [5, 5.41) is 9.67. The van der Waals surface area contributed by atoms with Crippen LogP contribution in [0.25, 0.3) is 0 Å². The Morgan fingerprint density at radius 3 is 2.65 bits per heavy atom. The van der Waals surface area contributed by atoms with E-state index in [4.69, 9.17) is 4.74 Å². The van der Waals surface area contributed by atoms with E-state index in [0.29, 0.717) is 12.4 Å². The van der Waals surface area contributed by atoms with Gasteiger partial charge in [-0.15, -0.1) is 0 Å². The minimum Gasteiger partial charge on any atom is -0.464 e. The lowest BCUT2D eigenvalue weighted by atomic mass is 10.4. The Labute approximate surface area is 120 Å². The van der Waals surface area contributed by atoms with E-state index >= 15 is 0 Å². The Morgan fingerprint density at radius 1 is 1.50 bits per heavy atom. The van der Waals surface area contributed by atoms with E-state index in [1.54, 1.807) is 17.7 Å². The zero-order valence-electron chi connectivity index (χ0n) is 12.8. The molecule has 114 valence electrons. The van der Waals surface area contributed by atoms with Gasteiger partial charge in [0.05, 0.1) is 7.11 Å². The SMILES string of the molecule is COC(=O)c1cn(COCC[Si](C)(C)C)c(C(C)O)n1. The van der Waals surface area contributed by atoms with Crippen molar-refractivity contribution in [2.24, 2.45) is 0 Å². The van der Waals surface area contributed by atoms with Gasteiger partial charge in [0.15, 0.2) is 5.69 Å². The average molecular weight is 300 g/mol. The molecule has 1 heterocycles. The summed E-state index contributed by atoms with van der Waals surface area (Å²) >= 11 is 0. The molecule has 6 nitrogen and oxygen atoms in total. The standard InChI is InChI=1S/C13H24N2O4Si/c1-10(16)12-14-11(13(17)18-2)8-15(12)9-19-6-7-20(3,4)5/h8,10,16H,6-7,9H2,1-5H3. The fourth-order valence-electron chi connectivity index (χ4n) is 1.61. The molecule has 1 aromatic heterocycles. The second-order valence-corrected chi connectivity index (χ2v) is 11.6. The summed E-state index contributed by atoms with van der Waals surface area (Å²) in [4.78, 5) is 15.5.